The molecule has 0 saturated heterocycles. The highest BCUT2D eigenvalue weighted by molar-refractivity contribution is 7.98. The van der Waals surface area contributed by atoms with Crippen LogP contribution < -0.4 is 0 Å². The molecule has 8 nitrogen and oxygen atoms in total. The summed E-state index contributed by atoms with van der Waals surface area (Å²) in [6, 6.07) is 3.04. The van der Waals surface area contributed by atoms with Gasteiger partial charge >= 0.3 is 11.9 Å². The Kier molecular flexibility index (Phi) is 8.34. The van der Waals surface area contributed by atoms with Gasteiger partial charge in [-0.25, -0.2) is 14.6 Å². The normalized spacial score (nSPS) is 13.1. The van der Waals surface area contributed by atoms with Crippen molar-refractivity contribution < 1.29 is 19.4 Å². The van der Waals surface area contributed by atoms with Crippen LogP contribution in [0.2, 0.25) is 15.1 Å². The number of carbonyl (C=O) groups is 2. The minimum absolute atomic E-state index is 0.00464. The molecule has 0 bridgehead atoms. The summed E-state index contributed by atoms with van der Waals surface area (Å²) in [7, 11) is 0. The van der Waals surface area contributed by atoms with Gasteiger partial charge in [-0.1, -0.05) is 54.6 Å². The zero-order valence-electron chi connectivity index (χ0n) is 19.0. The number of ether oxygens (including phenoxy) is 1. The number of esters is 1. The van der Waals surface area contributed by atoms with E-state index in [9.17, 15) is 14.7 Å². The highest BCUT2D eigenvalue weighted by Gasteiger charge is 2.52. The summed E-state index contributed by atoms with van der Waals surface area (Å²) in [6.45, 7) is 5.18. The van der Waals surface area contributed by atoms with Crippen molar-refractivity contribution >= 4 is 69.5 Å². The third-order valence-electron chi connectivity index (χ3n) is 5.29. The molecule has 0 saturated carbocycles. The molecule has 2 heterocycles. The van der Waals surface area contributed by atoms with E-state index in [0.29, 0.717) is 34.0 Å². The standard InChI is InChI=1S/C22H23Cl3N4O4S/c1-5-7-8-22(20(30)31,21(32)33-6-2)17-15-18(27-11(3)26-17)29(28-19(15)34-4)16-13(24)9-12(23)10-14(16)25/h9-10H,5-8H2,1-4H3,(H,30,31). The lowest BCUT2D eigenvalue weighted by Gasteiger charge is -2.27. The van der Waals surface area contributed by atoms with E-state index < -0.39 is 17.4 Å². The zero-order valence-corrected chi connectivity index (χ0v) is 22.1. The van der Waals surface area contributed by atoms with Gasteiger partial charge in [0.1, 0.15) is 16.5 Å². The molecule has 34 heavy (non-hydrogen) atoms. The maximum atomic E-state index is 13.2. The third-order valence-corrected chi connectivity index (χ3v) is 6.76. The molecule has 182 valence electrons. The van der Waals surface area contributed by atoms with E-state index in [1.165, 1.54) is 28.6 Å². The zero-order chi connectivity index (χ0) is 25.2. The number of benzene rings is 1. The lowest BCUT2D eigenvalue weighted by atomic mass is 9.78. The van der Waals surface area contributed by atoms with E-state index >= 15 is 0 Å². The summed E-state index contributed by atoms with van der Waals surface area (Å²) in [4.78, 5) is 35.0. The second-order valence-electron chi connectivity index (χ2n) is 7.49. The number of carboxylic acid groups (broad SMARTS) is 1. The van der Waals surface area contributed by atoms with Crippen LogP contribution in [-0.2, 0) is 19.7 Å². The van der Waals surface area contributed by atoms with Crippen molar-refractivity contribution in [1.82, 2.24) is 19.7 Å². The van der Waals surface area contributed by atoms with E-state index in [1.54, 1.807) is 20.1 Å². The number of hydrogen-bond acceptors (Lipinski definition) is 7. The van der Waals surface area contributed by atoms with Crippen LogP contribution in [0.15, 0.2) is 17.2 Å². The first kappa shape index (κ1) is 26.5. The molecule has 1 unspecified atom stereocenters. The summed E-state index contributed by atoms with van der Waals surface area (Å²) >= 11 is 20.2. The van der Waals surface area contributed by atoms with Crippen molar-refractivity contribution in [1.29, 1.82) is 0 Å². The summed E-state index contributed by atoms with van der Waals surface area (Å²) in [6.07, 6.45) is 2.92. The van der Waals surface area contributed by atoms with Gasteiger partial charge in [-0.2, -0.15) is 5.10 Å². The number of aryl methyl sites for hydroxylation is 1. The Bertz CT molecular complexity index is 1240. The Labute approximate surface area is 215 Å². The van der Waals surface area contributed by atoms with E-state index in [0.717, 1.165) is 0 Å². The molecule has 0 aliphatic carbocycles. The van der Waals surface area contributed by atoms with Crippen LogP contribution in [0.3, 0.4) is 0 Å². The number of unbranched alkanes of at least 4 members (excludes halogenated alkanes) is 1. The first-order valence-electron chi connectivity index (χ1n) is 10.5. The monoisotopic (exact) mass is 544 g/mol. The quantitative estimate of drug-likeness (QED) is 0.202. The maximum absolute atomic E-state index is 13.2. The van der Waals surface area contributed by atoms with Crippen LogP contribution in [0.5, 0.6) is 0 Å². The number of nitrogens with zero attached hydrogens (tertiary/aromatic N) is 4. The Morgan fingerprint density at radius 2 is 1.82 bits per heavy atom. The van der Waals surface area contributed by atoms with Crippen LogP contribution in [0, 0.1) is 6.92 Å². The lowest BCUT2D eigenvalue weighted by Crippen LogP contribution is -2.46. The average Bonchev–Trinajstić information content (AvgIpc) is 3.11. The van der Waals surface area contributed by atoms with Crippen molar-refractivity contribution in [2.24, 2.45) is 0 Å². The summed E-state index contributed by atoms with van der Waals surface area (Å²) in [5.74, 6) is -1.97. The first-order valence-corrected chi connectivity index (χ1v) is 12.9. The molecule has 0 aliphatic rings. The predicted molar refractivity (Wildman–Crippen MR) is 134 cm³/mol. The first-order chi connectivity index (χ1) is 16.1. The highest BCUT2D eigenvalue weighted by atomic mass is 35.5. The second kappa shape index (κ2) is 10.7. The Balaban J connectivity index is 2.48. The van der Waals surface area contributed by atoms with Gasteiger partial charge in [0, 0.05) is 5.02 Å². The van der Waals surface area contributed by atoms with Crippen LogP contribution >= 0.6 is 46.6 Å². The molecule has 1 N–H and O–H groups in total. The van der Waals surface area contributed by atoms with Crippen molar-refractivity contribution in [3.05, 3.63) is 38.7 Å². The third kappa shape index (κ3) is 4.58. The van der Waals surface area contributed by atoms with Gasteiger partial charge in [0.25, 0.3) is 0 Å². The van der Waals surface area contributed by atoms with Crippen LogP contribution in [0.1, 0.15) is 44.6 Å². The molecular weight excluding hydrogens is 523 g/mol. The van der Waals surface area contributed by atoms with E-state index in [2.05, 4.69) is 15.1 Å². The van der Waals surface area contributed by atoms with Gasteiger partial charge in [0.2, 0.25) is 5.41 Å². The molecule has 0 spiro atoms. The van der Waals surface area contributed by atoms with E-state index in [4.69, 9.17) is 39.5 Å². The molecule has 1 aromatic carbocycles. The topological polar surface area (TPSA) is 107 Å². The van der Waals surface area contributed by atoms with Crippen LogP contribution in [0.4, 0.5) is 0 Å². The lowest BCUT2D eigenvalue weighted by molar-refractivity contribution is -0.162. The van der Waals surface area contributed by atoms with Gasteiger partial charge in [0.05, 0.1) is 27.7 Å². The molecule has 12 heteroatoms. The maximum Gasteiger partial charge on any atom is 0.329 e. The van der Waals surface area contributed by atoms with Crippen molar-refractivity contribution in [3.63, 3.8) is 0 Å². The van der Waals surface area contributed by atoms with Gasteiger partial charge in [-0.15, -0.1) is 11.8 Å². The van der Waals surface area contributed by atoms with Gasteiger partial charge < -0.3 is 9.84 Å². The molecule has 3 rings (SSSR count). The number of fused-ring (bicyclic) bond motifs is 1. The summed E-state index contributed by atoms with van der Waals surface area (Å²) < 4.78 is 6.68. The van der Waals surface area contributed by atoms with Gasteiger partial charge in [0.15, 0.2) is 5.65 Å². The van der Waals surface area contributed by atoms with Gasteiger partial charge in [-0.05, 0) is 38.7 Å². The van der Waals surface area contributed by atoms with E-state index in [1.807, 2.05) is 6.92 Å². The minimum Gasteiger partial charge on any atom is -0.480 e. The van der Waals surface area contributed by atoms with E-state index in [-0.39, 0.29) is 40.2 Å². The molecule has 1 atom stereocenters. The number of thioether (sulfide) groups is 1. The van der Waals surface area contributed by atoms with Crippen molar-refractivity contribution in [2.75, 3.05) is 12.9 Å². The van der Waals surface area contributed by atoms with Crippen LogP contribution in [-0.4, -0.2) is 49.7 Å². The fourth-order valence-corrected chi connectivity index (χ4v) is 5.28. The van der Waals surface area contributed by atoms with Crippen molar-refractivity contribution in [3.8, 4) is 5.69 Å². The Hall–Kier alpha value is -2.07. The number of carbonyl (C=O) groups excluding carboxylic acids is 1. The molecular formula is C22H23Cl3N4O4S. The number of carboxylic acids is 1. The number of halogens is 3. The number of rotatable bonds is 9. The molecule has 0 radical (unpaired) electrons. The molecule has 2 aromatic heterocycles. The fourth-order valence-electron chi connectivity index (χ4n) is 3.75. The minimum atomic E-state index is -2.04. The predicted octanol–water partition coefficient (Wildman–Crippen LogP) is 5.88. The molecule has 0 amide bonds. The Morgan fingerprint density at radius 1 is 1.18 bits per heavy atom. The summed E-state index contributed by atoms with van der Waals surface area (Å²) in [5.41, 5.74) is -1.41. The second-order valence-corrected chi connectivity index (χ2v) is 9.54. The van der Waals surface area contributed by atoms with Crippen LogP contribution in [0.25, 0.3) is 16.7 Å². The highest BCUT2D eigenvalue weighted by Crippen LogP contribution is 2.41. The largest absolute Gasteiger partial charge is 0.480 e. The SMILES string of the molecule is CCCCC(C(=O)O)(C(=O)OCC)c1nc(C)nc2c1c(SC)nn2-c1c(Cl)cc(Cl)cc1Cl. The number of aliphatic carboxylic acids is 1. The number of aromatic nitrogens is 4. The van der Waals surface area contributed by atoms with Crippen molar-refractivity contribution in [2.45, 2.75) is 50.5 Å². The number of hydrogen-bond donors (Lipinski definition) is 1. The molecule has 3 aromatic rings. The summed E-state index contributed by atoms with van der Waals surface area (Å²) in [5, 5.41) is 16.6. The van der Waals surface area contributed by atoms with Gasteiger partial charge in [-0.3, -0.25) is 9.59 Å². The fraction of sp³-hybridized carbons (Fsp3) is 0.409. The average molecular weight is 546 g/mol. The smallest absolute Gasteiger partial charge is 0.329 e. The molecule has 0 aliphatic heterocycles. The molecule has 0 fully saturated rings. The Morgan fingerprint density at radius 3 is 2.35 bits per heavy atom.